The molecule has 0 fully saturated rings. The van der Waals surface area contributed by atoms with Crippen molar-refractivity contribution in [1.82, 2.24) is 10.2 Å². The van der Waals surface area contributed by atoms with Gasteiger partial charge in [0.05, 0.1) is 24.2 Å². The molecule has 0 aromatic heterocycles. The van der Waals surface area contributed by atoms with Gasteiger partial charge in [0.15, 0.2) is 0 Å². The van der Waals surface area contributed by atoms with E-state index in [1.807, 2.05) is 0 Å². The van der Waals surface area contributed by atoms with Gasteiger partial charge in [0.25, 0.3) is 15.9 Å². The summed E-state index contributed by atoms with van der Waals surface area (Å²) in [5, 5.41) is 2.70. The highest BCUT2D eigenvalue weighted by atomic mass is 32.2. The number of nitrogens with zero attached hydrogens (tertiary/aromatic N) is 2. The fourth-order valence-corrected chi connectivity index (χ4v) is 4.66. The number of anilines is 1. The summed E-state index contributed by atoms with van der Waals surface area (Å²) < 4.78 is 45.7. The Hall–Kier alpha value is -3.92. The van der Waals surface area contributed by atoms with E-state index in [1.54, 1.807) is 43.3 Å². The summed E-state index contributed by atoms with van der Waals surface area (Å²) >= 11 is 0. The molecule has 8 nitrogen and oxygen atoms in total. The summed E-state index contributed by atoms with van der Waals surface area (Å²) in [6.45, 7) is 1.95. The molecule has 0 aliphatic heterocycles. The molecule has 0 heterocycles. The monoisotopic (exact) mass is 513 g/mol. The quantitative estimate of drug-likeness (QED) is 0.448. The Bertz CT molecular complexity index is 1310. The lowest BCUT2D eigenvalue weighted by Gasteiger charge is -2.22. The zero-order valence-corrected chi connectivity index (χ0v) is 21.1. The Labute approximate surface area is 210 Å². The Morgan fingerprint density at radius 3 is 2.28 bits per heavy atom. The number of benzene rings is 3. The van der Waals surface area contributed by atoms with Crippen molar-refractivity contribution in [3.8, 4) is 5.75 Å². The van der Waals surface area contributed by atoms with Gasteiger partial charge in [0, 0.05) is 25.7 Å². The van der Waals surface area contributed by atoms with Gasteiger partial charge in [-0.1, -0.05) is 18.2 Å². The molecule has 1 N–H and O–H groups in total. The molecule has 36 heavy (non-hydrogen) atoms. The van der Waals surface area contributed by atoms with Gasteiger partial charge in [0.2, 0.25) is 5.91 Å². The van der Waals surface area contributed by atoms with E-state index in [0.29, 0.717) is 11.4 Å². The highest BCUT2D eigenvalue weighted by molar-refractivity contribution is 7.92. The molecule has 0 aliphatic rings. The van der Waals surface area contributed by atoms with Crippen molar-refractivity contribution in [1.29, 1.82) is 0 Å². The average Bonchev–Trinajstić information content (AvgIpc) is 2.90. The van der Waals surface area contributed by atoms with Crippen LogP contribution in [-0.2, 0) is 21.4 Å². The molecular weight excluding hydrogens is 485 g/mol. The maximum atomic E-state index is 13.2. The number of hydrogen-bond acceptors (Lipinski definition) is 5. The first kappa shape index (κ1) is 26.7. The predicted octanol–water partition coefficient (Wildman–Crippen LogP) is 3.44. The smallest absolute Gasteiger partial charge is 0.264 e. The van der Waals surface area contributed by atoms with Gasteiger partial charge in [-0.25, -0.2) is 12.8 Å². The average molecular weight is 514 g/mol. The number of halogens is 1. The second-order valence-corrected chi connectivity index (χ2v) is 9.89. The predicted molar refractivity (Wildman–Crippen MR) is 135 cm³/mol. The molecule has 10 heteroatoms. The van der Waals surface area contributed by atoms with E-state index < -0.39 is 21.8 Å². The minimum Gasteiger partial charge on any atom is -0.497 e. The number of likely N-dealkylation sites (N-methyl/N-ethyl adjacent to an activating group) is 1. The first-order chi connectivity index (χ1) is 17.1. The number of nitrogens with one attached hydrogen (secondary N) is 1. The van der Waals surface area contributed by atoms with Crippen LogP contribution in [0.1, 0.15) is 22.8 Å². The van der Waals surface area contributed by atoms with Crippen LogP contribution in [0.2, 0.25) is 0 Å². The zero-order chi connectivity index (χ0) is 26.3. The fourth-order valence-electron chi connectivity index (χ4n) is 3.42. The molecule has 0 unspecified atom stereocenters. The number of methoxy groups -OCH3 is 1. The second kappa shape index (κ2) is 11.7. The van der Waals surface area contributed by atoms with Crippen molar-refractivity contribution in [3.05, 3.63) is 89.7 Å². The molecule has 0 spiro atoms. The van der Waals surface area contributed by atoms with Crippen molar-refractivity contribution in [2.24, 2.45) is 0 Å². The Kier molecular flexibility index (Phi) is 8.65. The van der Waals surface area contributed by atoms with Crippen LogP contribution >= 0.6 is 0 Å². The molecular formula is C26H28FN3O5S. The van der Waals surface area contributed by atoms with Crippen LogP contribution in [-0.4, -0.2) is 52.4 Å². The van der Waals surface area contributed by atoms with Gasteiger partial charge in [0.1, 0.15) is 11.6 Å². The molecule has 0 bridgehead atoms. The minimum atomic E-state index is -3.95. The SMILES string of the molecule is CCN(CC(=O)NCc1ccc(F)cc1)C(=O)c1cccc(S(=O)(=O)N(C)c2ccc(OC)cc2)c1. The lowest BCUT2D eigenvalue weighted by atomic mass is 10.2. The minimum absolute atomic E-state index is 0.0523. The van der Waals surface area contributed by atoms with Crippen molar-refractivity contribution in [3.63, 3.8) is 0 Å². The number of carbonyl (C=O) groups is 2. The summed E-state index contributed by atoms with van der Waals surface area (Å²) in [4.78, 5) is 26.8. The van der Waals surface area contributed by atoms with Crippen LogP contribution in [0.25, 0.3) is 0 Å². The summed E-state index contributed by atoms with van der Waals surface area (Å²) in [6, 6.07) is 18.0. The Morgan fingerprint density at radius 1 is 1.00 bits per heavy atom. The molecule has 0 atom stereocenters. The van der Waals surface area contributed by atoms with Gasteiger partial charge in [-0.05, 0) is 67.1 Å². The summed E-state index contributed by atoms with van der Waals surface area (Å²) in [5.74, 6) is -0.637. The molecule has 0 aliphatic carbocycles. The molecule has 3 aromatic rings. The third kappa shape index (κ3) is 6.39. The van der Waals surface area contributed by atoms with Gasteiger partial charge in [-0.2, -0.15) is 0 Å². The van der Waals surface area contributed by atoms with Crippen molar-refractivity contribution >= 4 is 27.5 Å². The molecule has 0 radical (unpaired) electrons. The maximum absolute atomic E-state index is 13.2. The zero-order valence-electron chi connectivity index (χ0n) is 20.3. The van der Waals surface area contributed by atoms with Crippen molar-refractivity contribution in [2.75, 3.05) is 31.6 Å². The van der Waals surface area contributed by atoms with E-state index >= 15 is 0 Å². The lowest BCUT2D eigenvalue weighted by Crippen LogP contribution is -2.40. The number of sulfonamides is 1. The van der Waals surface area contributed by atoms with Crippen LogP contribution < -0.4 is 14.4 Å². The summed E-state index contributed by atoms with van der Waals surface area (Å²) in [5.41, 5.74) is 1.30. The van der Waals surface area contributed by atoms with Crippen LogP contribution in [0.15, 0.2) is 77.7 Å². The molecule has 2 amide bonds. The van der Waals surface area contributed by atoms with Gasteiger partial charge >= 0.3 is 0 Å². The Balaban J connectivity index is 1.71. The number of rotatable bonds is 10. The molecule has 0 saturated heterocycles. The van der Waals surface area contributed by atoms with Gasteiger partial charge < -0.3 is 15.0 Å². The van der Waals surface area contributed by atoms with E-state index in [9.17, 15) is 22.4 Å². The number of carbonyl (C=O) groups excluding carboxylic acids is 2. The lowest BCUT2D eigenvalue weighted by molar-refractivity contribution is -0.121. The van der Waals surface area contributed by atoms with Gasteiger partial charge in [-0.15, -0.1) is 0 Å². The van der Waals surface area contributed by atoms with E-state index in [2.05, 4.69) is 5.32 Å². The summed E-state index contributed by atoms with van der Waals surface area (Å²) in [6.07, 6.45) is 0. The largest absolute Gasteiger partial charge is 0.497 e. The maximum Gasteiger partial charge on any atom is 0.264 e. The van der Waals surface area contributed by atoms with Crippen LogP contribution in [0, 0.1) is 5.82 Å². The van der Waals surface area contributed by atoms with E-state index in [4.69, 9.17) is 4.74 Å². The number of hydrogen-bond donors (Lipinski definition) is 1. The summed E-state index contributed by atoms with van der Waals surface area (Å²) in [7, 11) is -1.00. The van der Waals surface area contributed by atoms with Crippen LogP contribution in [0.3, 0.4) is 0 Å². The van der Waals surface area contributed by atoms with Gasteiger partial charge in [-0.3, -0.25) is 13.9 Å². The van der Waals surface area contributed by atoms with E-state index in [-0.39, 0.29) is 35.9 Å². The first-order valence-corrected chi connectivity index (χ1v) is 12.6. The van der Waals surface area contributed by atoms with Crippen molar-refractivity contribution < 1.29 is 27.1 Å². The Morgan fingerprint density at radius 2 is 1.67 bits per heavy atom. The fraction of sp³-hybridized carbons (Fsp3) is 0.231. The third-order valence-electron chi connectivity index (χ3n) is 5.58. The van der Waals surface area contributed by atoms with E-state index in [1.165, 1.54) is 55.5 Å². The van der Waals surface area contributed by atoms with Crippen molar-refractivity contribution in [2.45, 2.75) is 18.4 Å². The highest BCUT2D eigenvalue weighted by Gasteiger charge is 2.24. The second-order valence-electron chi connectivity index (χ2n) is 7.92. The number of amides is 2. The topological polar surface area (TPSA) is 96.0 Å². The third-order valence-corrected chi connectivity index (χ3v) is 7.36. The van der Waals surface area contributed by atoms with Crippen LogP contribution in [0.5, 0.6) is 5.75 Å². The molecule has 190 valence electrons. The number of ether oxygens (including phenoxy) is 1. The van der Waals surface area contributed by atoms with E-state index in [0.717, 1.165) is 9.87 Å². The normalized spacial score (nSPS) is 11.0. The highest BCUT2D eigenvalue weighted by Crippen LogP contribution is 2.25. The molecule has 3 rings (SSSR count). The molecule has 3 aromatic carbocycles. The standard InChI is InChI=1S/C26H28FN3O5S/c1-4-30(18-25(31)28-17-19-8-10-21(27)11-9-19)26(32)20-6-5-7-24(16-20)36(33,34)29(2)22-12-14-23(35-3)15-13-22/h5-16H,4,17-18H2,1-3H3,(H,28,31). The van der Waals surface area contributed by atoms with Crippen LogP contribution in [0.4, 0.5) is 10.1 Å². The molecule has 0 saturated carbocycles. The first-order valence-electron chi connectivity index (χ1n) is 11.2.